The van der Waals surface area contributed by atoms with Crippen molar-refractivity contribution in [1.82, 2.24) is 9.88 Å². The van der Waals surface area contributed by atoms with E-state index in [1.165, 1.54) is 11.0 Å². The first-order valence-electron chi connectivity index (χ1n) is 9.64. The highest BCUT2D eigenvalue weighted by Crippen LogP contribution is 2.40. The molecule has 2 aromatic rings. The molecule has 2 heterocycles. The number of hydrogen-bond donors (Lipinski definition) is 0. The molecule has 34 heavy (non-hydrogen) atoms. The van der Waals surface area contributed by atoms with Gasteiger partial charge in [-0.15, -0.1) is 0 Å². The molecule has 1 aliphatic heterocycles. The van der Waals surface area contributed by atoms with E-state index in [2.05, 4.69) is 20.9 Å². The van der Waals surface area contributed by atoms with Crippen molar-refractivity contribution >= 4 is 21.8 Å². The minimum absolute atomic E-state index is 0.0317. The SMILES string of the molecule is COc1c(C#N)ccc(OC(C)C(F)(F)F)c1C(=O)N1CC(c2ncc(C(F)(F)F)cc2Br)C1. The second-order valence-corrected chi connectivity index (χ2v) is 8.28. The fourth-order valence-electron chi connectivity index (χ4n) is 3.30. The lowest BCUT2D eigenvalue weighted by Crippen LogP contribution is -2.49. The number of likely N-dealkylation sites (tertiary alicyclic amines) is 1. The first-order chi connectivity index (χ1) is 15.8. The Morgan fingerprint density at radius 1 is 1.26 bits per heavy atom. The van der Waals surface area contributed by atoms with Crippen LogP contribution in [0.1, 0.15) is 40.0 Å². The first kappa shape index (κ1) is 25.6. The van der Waals surface area contributed by atoms with Gasteiger partial charge in [-0.25, -0.2) is 0 Å². The highest BCUT2D eigenvalue weighted by molar-refractivity contribution is 9.10. The van der Waals surface area contributed by atoms with Gasteiger partial charge in [0.2, 0.25) is 0 Å². The van der Waals surface area contributed by atoms with E-state index in [0.717, 1.165) is 26.2 Å². The molecule has 0 N–H and O–H groups in total. The van der Waals surface area contributed by atoms with Gasteiger partial charge in [0.25, 0.3) is 5.91 Å². The normalized spacial score (nSPS) is 15.4. The smallest absolute Gasteiger partial charge is 0.425 e. The average molecular weight is 552 g/mol. The Hall–Kier alpha value is -3.01. The van der Waals surface area contributed by atoms with E-state index in [9.17, 15) is 36.4 Å². The van der Waals surface area contributed by atoms with Crippen molar-refractivity contribution in [2.45, 2.75) is 31.3 Å². The molecular weight excluding hydrogens is 536 g/mol. The summed E-state index contributed by atoms with van der Waals surface area (Å²) in [6, 6.07) is 4.95. The molecule has 0 aliphatic carbocycles. The third kappa shape index (κ3) is 5.06. The number of pyridine rings is 1. The number of benzene rings is 1. The number of halogens is 7. The van der Waals surface area contributed by atoms with Crippen molar-refractivity contribution in [1.29, 1.82) is 5.26 Å². The number of aromatic nitrogens is 1. The molecule has 1 fully saturated rings. The molecule has 1 atom stereocenters. The molecule has 1 amide bonds. The Bertz CT molecular complexity index is 1140. The third-order valence-electron chi connectivity index (χ3n) is 5.18. The quantitative estimate of drug-likeness (QED) is 0.470. The topological polar surface area (TPSA) is 75.5 Å². The number of nitriles is 1. The van der Waals surface area contributed by atoms with Gasteiger partial charge >= 0.3 is 12.4 Å². The van der Waals surface area contributed by atoms with Gasteiger partial charge in [0.05, 0.1) is 23.9 Å². The van der Waals surface area contributed by atoms with Crippen molar-refractivity contribution in [3.8, 4) is 17.6 Å². The number of carbonyl (C=O) groups is 1. The third-order valence-corrected chi connectivity index (χ3v) is 5.81. The Balaban J connectivity index is 1.87. The summed E-state index contributed by atoms with van der Waals surface area (Å²) < 4.78 is 87.9. The Morgan fingerprint density at radius 2 is 1.91 bits per heavy atom. The maximum atomic E-state index is 13.2. The molecule has 0 saturated carbocycles. The molecular formula is C21H16BrF6N3O3. The van der Waals surface area contributed by atoms with E-state index < -0.39 is 41.6 Å². The molecule has 1 aromatic heterocycles. The largest absolute Gasteiger partial charge is 0.494 e. The predicted molar refractivity (Wildman–Crippen MR) is 109 cm³/mol. The van der Waals surface area contributed by atoms with Crippen LogP contribution in [0.2, 0.25) is 0 Å². The highest BCUT2D eigenvalue weighted by Gasteiger charge is 2.41. The molecule has 1 saturated heterocycles. The average Bonchev–Trinajstić information content (AvgIpc) is 2.71. The Morgan fingerprint density at radius 3 is 2.41 bits per heavy atom. The van der Waals surface area contributed by atoms with Crippen LogP contribution in [0.3, 0.4) is 0 Å². The van der Waals surface area contributed by atoms with Crippen LogP contribution in [0.15, 0.2) is 28.9 Å². The van der Waals surface area contributed by atoms with Crippen LogP contribution in [0.5, 0.6) is 11.5 Å². The van der Waals surface area contributed by atoms with E-state index in [-0.39, 0.29) is 34.4 Å². The lowest BCUT2D eigenvalue weighted by Gasteiger charge is -2.39. The minimum Gasteiger partial charge on any atom is -0.494 e. The number of rotatable bonds is 5. The van der Waals surface area contributed by atoms with Gasteiger partial charge in [-0.1, -0.05) is 0 Å². The lowest BCUT2D eigenvalue weighted by molar-refractivity contribution is -0.189. The maximum Gasteiger partial charge on any atom is 0.425 e. The van der Waals surface area contributed by atoms with Crippen LogP contribution in [0, 0.1) is 11.3 Å². The zero-order valence-corrected chi connectivity index (χ0v) is 19.2. The monoisotopic (exact) mass is 551 g/mol. The van der Waals surface area contributed by atoms with Crippen LogP contribution < -0.4 is 9.47 Å². The number of methoxy groups -OCH3 is 1. The molecule has 13 heteroatoms. The predicted octanol–water partition coefficient (Wildman–Crippen LogP) is 5.31. The fourth-order valence-corrected chi connectivity index (χ4v) is 3.97. The van der Waals surface area contributed by atoms with Crippen molar-refractivity contribution in [3.63, 3.8) is 0 Å². The van der Waals surface area contributed by atoms with Crippen LogP contribution in [0.4, 0.5) is 26.3 Å². The van der Waals surface area contributed by atoms with Gasteiger partial charge in [0.15, 0.2) is 11.9 Å². The highest BCUT2D eigenvalue weighted by atomic mass is 79.9. The molecule has 0 spiro atoms. The number of hydrogen-bond acceptors (Lipinski definition) is 5. The molecule has 0 radical (unpaired) electrons. The van der Waals surface area contributed by atoms with Gasteiger partial charge in [-0.05, 0) is 41.1 Å². The van der Waals surface area contributed by atoms with E-state index in [1.54, 1.807) is 6.07 Å². The molecule has 1 unspecified atom stereocenters. The second-order valence-electron chi connectivity index (χ2n) is 7.43. The number of amides is 1. The van der Waals surface area contributed by atoms with Crippen molar-refractivity contribution in [2.75, 3.05) is 20.2 Å². The van der Waals surface area contributed by atoms with Gasteiger partial charge in [-0.2, -0.15) is 31.6 Å². The van der Waals surface area contributed by atoms with Crippen molar-refractivity contribution in [3.05, 3.63) is 51.3 Å². The zero-order valence-electron chi connectivity index (χ0n) is 17.6. The summed E-state index contributed by atoms with van der Waals surface area (Å²) in [5, 5.41) is 9.30. The second kappa shape index (κ2) is 9.32. The summed E-state index contributed by atoms with van der Waals surface area (Å²) in [5.74, 6) is -1.82. The summed E-state index contributed by atoms with van der Waals surface area (Å²) in [7, 11) is 1.16. The van der Waals surface area contributed by atoms with Gasteiger partial charge < -0.3 is 14.4 Å². The first-order valence-corrected chi connectivity index (χ1v) is 10.4. The van der Waals surface area contributed by atoms with Gasteiger partial charge in [0, 0.05) is 29.7 Å². The van der Waals surface area contributed by atoms with Crippen LogP contribution in [-0.2, 0) is 6.18 Å². The molecule has 182 valence electrons. The summed E-state index contributed by atoms with van der Waals surface area (Å²) in [6.45, 7) is 0.834. The summed E-state index contributed by atoms with van der Waals surface area (Å²) >= 11 is 3.07. The molecule has 6 nitrogen and oxygen atoms in total. The van der Waals surface area contributed by atoms with Crippen molar-refractivity contribution in [2.24, 2.45) is 0 Å². The lowest BCUT2D eigenvalue weighted by atomic mass is 9.93. The maximum absolute atomic E-state index is 13.2. The molecule has 0 bridgehead atoms. The van der Waals surface area contributed by atoms with Crippen molar-refractivity contribution < 1.29 is 40.6 Å². The molecule has 3 rings (SSSR count). The van der Waals surface area contributed by atoms with E-state index in [1.807, 2.05) is 0 Å². The summed E-state index contributed by atoms with van der Waals surface area (Å²) in [5.41, 5.74) is -1.07. The Labute approximate surface area is 198 Å². The summed E-state index contributed by atoms with van der Waals surface area (Å²) in [6.07, 6.45) is -10.8. The zero-order chi connectivity index (χ0) is 25.4. The van der Waals surface area contributed by atoms with E-state index in [0.29, 0.717) is 11.9 Å². The molecule has 1 aromatic carbocycles. The van der Waals surface area contributed by atoms with E-state index in [4.69, 9.17) is 9.47 Å². The number of alkyl halides is 6. The van der Waals surface area contributed by atoms with Gasteiger partial charge in [-0.3, -0.25) is 9.78 Å². The van der Waals surface area contributed by atoms with Crippen LogP contribution in [-0.4, -0.2) is 48.3 Å². The molecule has 1 aliphatic rings. The van der Waals surface area contributed by atoms with Gasteiger partial charge in [0.1, 0.15) is 17.4 Å². The fraction of sp³-hybridized carbons (Fsp3) is 0.381. The number of carbonyl (C=O) groups excluding carboxylic acids is 1. The minimum atomic E-state index is -4.70. The number of ether oxygens (including phenoxy) is 2. The standard InChI is InChI=1S/C21H16BrF6N3O3/c1-10(20(23,24)25)34-15-4-3-11(6-29)18(33-2)16(15)19(32)31-8-12(9-31)17-14(22)5-13(7-30-17)21(26,27)28/h3-5,7,10,12H,8-9H2,1-2H3. The van der Waals surface area contributed by atoms with Crippen LogP contribution >= 0.6 is 15.9 Å². The summed E-state index contributed by atoms with van der Waals surface area (Å²) in [4.78, 5) is 18.3. The van der Waals surface area contributed by atoms with Crippen LogP contribution in [0.25, 0.3) is 0 Å². The van der Waals surface area contributed by atoms with E-state index >= 15 is 0 Å². The Kier molecular flexibility index (Phi) is 7.02. The number of nitrogens with zero attached hydrogens (tertiary/aromatic N) is 3.